The van der Waals surface area contributed by atoms with Crippen LogP contribution in [0.3, 0.4) is 0 Å². The zero-order valence-electron chi connectivity index (χ0n) is 8.39. The zero-order valence-corrected chi connectivity index (χ0v) is 8.39. The van der Waals surface area contributed by atoms with Crippen molar-refractivity contribution in [1.29, 1.82) is 0 Å². The molecule has 1 aliphatic carbocycles. The van der Waals surface area contributed by atoms with Crippen molar-refractivity contribution in [2.45, 2.75) is 25.1 Å². The number of alkyl halides is 3. The first-order valence-electron chi connectivity index (χ1n) is 5.02. The second-order valence-electron chi connectivity index (χ2n) is 4.09. The SMILES string of the molecule is NC(c1cc(F)ccc1C(F)(F)F)C1CC1. The highest BCUT2D eigenvalue weighted by molar-refractivity contribution is 5.33. The predicted octanol–water partition coefficient (Wildman–Crippen LogP) is 3.25. The summed E-state index contributed by atoms with van der Waals surface area (Å²) >= 11 is 0. The van der Waals surface area contributed by atoms with Crippen LogP contribution in [0.1, 0.15) is 30.0 Å². The fraction of sp³-hybridized carbons (Fsp3) is 0.455. The lowest BCUT2D eigenvalue weighted by Gasteiger charge is -2.17. The molecule has 1 unspecified atom stereocenters. The Hall–Kier alpha value is -1.10. The van der Waals surface area contributed by atoms with E-state index in [-0.39, 0.29) is 11.5 Å². The van der Waals surface area contributed by atoms with Gasteiger partial charge in [-0.25, -0.2) is 4.39 Å². The van der Waals surface area contributed by atoms with E-state index < -0.39 is 23.6 Å². The standard InChI is InChI=1S/C11H11F4N/c12-7-3-4-9(11(13,14)15)8(5-7)10(16)6-1-2-6/h3-6,10H,1-2,16H2. The normalized spacial score (nSPS) is 18.6. The van der Waals surface area contributed by atoms with E-state index in [1.807, 2.05) is 0 Å². The molecule has 1 atom stereocenters. The smallest absolute Gasteiger partial charge is 0.324 e. The molecular weight excluding hydrogens is 222 g/mol. The highest BCUT2D eigenvalue weighted by atomic mass is 19.4. The van der Waals surface area contributed by atoms with Crippen molar-refractivity contribution in [3.63, 3.8) is 0 Å². The van der Waals surface area contributed by atoms with Gasteiger partial charge in [0, 0.05) is 6.04 Å². The quantitative estimate of drug-likeness (QED) is 0.779. The summed E-state index contributed by atoms with van der Waals surface area (Å²) in [4.78, 5) is 0. The maximum Gasteiger partial charge on any atom is 0.416 e. The summed E-state index contributed by atoms with van der Waals surface area (Å²) in [5.74, 6) is -0.623. The van der Waals surface area contributed by atoms with Crippen molar-refractivity contribution in [2.75, 3.05) is 0 Å². The summed E-state index contributed by atoms with van der Waals surface area (Å²) in [6.45, 7) is 0. The fourth-order valence-corrected chi connectivity index (χ4v) is 1.78. The van der Waals surface area contributed by atoms with Gasteiger partial charge in [-0.2, -0.15) is 13.2 Å². The van der Waals surface area contributed by atoms with Crippen LogP contribution in [0.25, 0.3) is 0 Å². The van der Waals surface area contributed by atoms with Gasteiger partial charge in [0.2, 0.25) is 0 Å². The van der Waals surface area contributed by atoms with Crippen LogP contribution >= 0.6 is 0 Å². The molecule has 1 aromatic carbocycles. The number of rotatable bonds is 2. The number of nitrogens with two attached hydrogens (primary N) is 1. The van der Waals surface area contributed by atoms with Crippen molar-refractivity contribution in [3.8, 4) is 0 Å². The monoisotopic (exact) mass is 233 g/mol. The molecule has 2 rings (SSSR count). The maximum atomic E-state index is 13.0. The molecule has 1 fully saturated rings. The van der Waals surface area contributed by atoms with E-state index in [0.717, 1.165) is 31.0 Å². The molecule has 1 aromatic rings. The summed E-state index contributed by atoms with van der Waals surface area (Å²) in [5, 5.41) is 0. The first kappa shape index (κ1) is 11.4. The minimum Gasteiger partial charge on any atom is -0.324 e. The lowest BCUT2D eigenvalue weighted by molar-refractivity contribution is -0.138. The molecule has 1 aliphatic rings. The van der Waals surface area contributed by atoms with Gasteiger partial charge in [0.1, 0.15) is 5.82 Å². The van der Waals surface area contributed by atoms with Crippen LogP contribution in [0.5, 0.6) is 0 Å². The van der Waals surface area contributed by atoms with Crippen LogP contribution < -0.4 is 5.73 Å². The summed E-state index contributed by atoms with van der Waals surface area (Å²) in [6.07, 6.45) is -2.85. The minimum absolute atomic E-state index is 0.0582. The van der Waals surface area contributed by atoms with Gasteiger partial charge in [-0.15, -0.1) is 0 Å². The van der Waals surface area contributed by atoms with E-state index in [0.29, 0.717) is 0 Å². The minimum atomic E-state index is -4.48. The van der Waals surface area contributed by atoms with Crippen LogP contribution in [-0.4, -0.2) is 0 Å². The van der Waals surface area contributed by atoms with Crippen molar-refractivity contribution in [2.24, 2.45) is 11.7 Å². The average molecular weight is 233 g/mol. The zero-order chi connectivity index (χ0) is 11.9. The molecule has 0 saturated heterocycles. The molecule has 1 nitrogen and oxygen atoms in total. The second-order valence-corrected chi connectivity index (χ2v) is 4.09. The van der Waals surface area contributed by atoms with E-state index in [4.69, 9.17) is 5.73 Å². The first-order valence-corrected chi connectivity index (χ1v) is 5.02. The van der Waals surface area contributed by atoms with Gasteiger partial charge in [-0.1, -0.05) is 0 Å². The Morgan fingerprint density at radius 1 is 1.25 bits per heavy atom. The lowest BCUT2D eigenvalue weighted by atomic mass is 9.97. The molecular formula is C11H11F4N. The molecule has 2 N–H and O–H groups in total. The fourth-order valence-electron chi connectivity index (χ4n) is 1.78. The Morgan fingerprint density at radius 3 is 2.38 bits per heavy atom. The van der Waals surface area contributed by atoms with Gasteiger partial charge in [-0.3, -0.25) is 0 Å². The van der Waals surface area contributed by atoms with Crippen molar-refractivity contribution in [1.82, 2.24) is 0 Å². The van der Waals surface area contributed by atoms with E-state index in [1.165, 1.54) is 0 Å². The summed E-state index contributed by atoms with van der Waals surface area (Å²) in [6, 6.07) is 1.75. The highest BCUT2D eigenvalue weighted by Crippen LogP contribution is 2.43. The number of hydrogen-bond donors (Lipinski definition) is 1. The van der Waals surface area contributed by atoms with E-state index >= 15 is 0 Å². The number of benzene rings is 1. The van der Waals surface area contributed by atoms with E-state index in [2.05, 4.69) is 0 Å². The molecule has 5 heteroatoms. The van der Waals surface area contributed by atoms with Crippen molar-refractivity contribution in [3.05, 3.63) is 35.1 Å². The molecule has 1 saturated carbocycles. The topological polar surface area (TPSA) is 26.0 Å². The van der Waals surface area contributed by atoms with E-state index in [1.54, 1.807) is 0 Å². The largest absolute Gasteiger partial charge is 0.416 e. The van der Waals surface area contributed by atoms with Gasteiger partial charge >= 0.3 is 6.18 Å². The Labute approximate surface area is 90.3 Å². The average Bonchev–Trinajstić information content (AvgIpc) is 2.97. The summed E-state index contributed by atoms with van der Waals surface area (Å²) in [5.41, 5.74) is 4.74. The van der Waals surface area contributed by atoms with Crippen molar-refractivity contribution >= 4 is 0 Å². The molecule has 16 heavy (non-hydrogen) atoms. The predicted molar refractivity (Wildman–Crippen MR) is 51.1 cm³/mol. The van der Waals surface area contributed by atoms with Gasteiger partial charge in [0.25, 0.3) is 0 Å². The van der Waals surface area contributed by atoms with Gasteiger partial charge in [-0.05, 0) is 42.5 Å². The lowest BCUT2D eigenvalue weighted by Crippen LogP contribution is -2.19. The molecule has 0 aromatic heterocycles. The Balaban J connectivity index is 2.43. The summed E-state index contributed by atoms with van der Waals surface area (Å²) in [7, 11) is 0. The first-order chi connectivity index (χ1) is 7.39. The van der Waals surface area contributed by atoms with Crippen molar-refractivity contribution < 1.29 is 17.6 Å². The Bertz CT molecular complexity index is 395. The molecule has 0 amide bonds. The van der Waals surface area contributed by atoms with E-state index in [9.17, 15) is 17.6 Å². The highest BCUT2D eigenvalue weighted by Gasteiger charge is 2.38. The third kappa shape index (κ3) is 2.19. The number of halogens is 4. The molecule has 0 bridgehead atoms. The van der Waals surface area contributed by atoms with Crippen LogP contribution in [0, 0.1) is 11.7 Å². The van der Waals surface area contributed by atoms with Crippen LogP contribution in [0.2, 0.25) is 0 Å². The summed E-state index contributed by atoms with van der Waals surface area (Å²) < 4.78 is 50.9. The van der Waals surface area contributed by atoms with Gasteiger partial charge in [0.15, 0.2) is 0 Å². The van der Waals surface area contributed by atoms with Gasteiger partial charge in [0.05, 0.1) is 5.56 Å². The maximum absolute atomic E-state index is 13.0. The van der Waals surface area contributed by atoms with Crippen LogP contribution in [0.4, 0.5) is 17.6 Å². The second kappa shape index (κ2) is 3.73. The van der Waals surface area contributed by atoms with Gasteiger partial charge < -0.3 is 5.73 Å². The molecule has 0 heterocycles. The Morgan fingerprint density at radius 2 is 1.88 bits per heavy atom. The molecule has 0 radical (unpaired) electrons. The Kier molecular flexibility index (Phi) is 2.66. The molecule has 0 spiro atoms. The molecule has 0 aliphatic heterocycles. The van der Waals surface area contributed by atoms with Crippen LogP contribution in [-0.2, 0) is 6.18 Å². The number of hydrogen-bond acceptors (Lipinski definition) is 1. The van der Waals surface area contributed by atoms with Crippen LogP contribution in [0.15, 0.2) is 18.2 Å². The molecule has 88 valence electrons. The third-order valence-corrected chi connectivity index (χ3v) is 2.81. The third-order valence-electron chi connectivity index (χ3n) is 2.81.